The maximum Gasteiger partial charge on any atom is 0.148 e. The van der Waals surface area contributed by atoms with Gasteiger partial charge in [0, 0.05) is 12.0 Å². The Balaban J connectivity index is 2.30. The predicted molar refractivity (Wildman–Crippen MR) is 82.4 cm³/mol. The third-order valence-corrected chi connectivity index (χ3v) is 3.35. The Morgan fingerprint density at radius 1 is 1.29 bits per heavy atom. The van der Waals surface area contributed by atoms with Crippen LogP contribution in [0.3, 0.4) is 0 Å². The first-order valence-corrected chi connectivity index (χ1v) is 6.91. The van der Waals surface area contributed by atoms with Gasteiger partial charge < -0.3 is 10.7 Å². The lowest BCUT2D eigenvalue weighted by Gasteiger charge is -2.18. The van der Waals surface area contributed by atoms with Gasteiger partial charge in [-0.2, -0.15) is 0 Å². The van der Waals surface area contributed by atoms with Crippen molar-refractivity contribution in [2.24, 2.45) is 5.84 Å². The molecule has 2 aromatic rings. The molecule has 0 saturated carbocycles. The van der Waals surface area contributed by atoms with Crippen LogP contribution in [0.5, 0.6) is 0 Å². The molecule has 2 rings (SSSR count). The lowest BCUT2D eigenvalue weighted by atomic mass is 10.1. The zero-order chi connectivity index (χ0) is 15.4. The van der Waals surface area contributed by atoms with E-state index >= 15 is 0 Å². The van der Waals surface area contributed by atoms with Crippen LogP contribution in [0.2, 0.25) is 0 Å². The van der Waals surface area contributed by atoms with E-state index in [0.717, 1.165) is 11.1 Å². The summed E-state index contributed by atoms with van der Waals surface area (Å²) < 4.78 is 13.3. The van der Waals surface area contributed by atoms with Gasteiger partial charge in [0.25, 0.3) is 0 Å². The standard InChI is InChI=1S/C15H20FN5/c1-4-13-19-14(9(2)15(20-13)21-17)18-10(3)11-6-5-7-12(16)8-11/h5-8,10H,4,17H2,1-3H3,(H2,18,19,20,21). The summed E-state index contributed by atoms with van der Waals surface area (Å²) in [5.74, 6) is 7.23. The summed E-state index contributed by atoms with van der Waals surface area (Å²) >= 11 is 0. The second-order valence-electron chi connectivity index (χ2n) is 4.88. The summed E-state index contributed by atoms with van der Waals surface area (Å²) in [5, 5.41) is 3.29. The number of aryl methyl sites for hydroxylation is 1. The summed E-state index contributed by atoms with van der Waals surface area (Å²) in [5.41, 5.74) is 4.27. The van der Waals surface area contributed by atoms with Gasteiger partial charge in [0.05, 0.1) is 6.04 Å². The number of hydrogen-bond donors (Lipinski definition) is 3. The quantitative estimate of drug-likeness (QED) is 0.583. The number of nitrogens with one attached hydrogen (secondary N) is 2. The number of nitrogens with zero attached hydrogens (tertiary/aromatic N) is 2. The SMILES string of the molecule is CCc1nc(NN)c(C)c(NC(C)c2cccc(F)c2)n1. The Bertz CT molecular complexity index is 629. The molecule has 5 nitrogen and oxygen atoms in total. The van der Waals surface area contributed by atoms with Crippen LogP contribution in [0.15, 0.2) is 24.3 Å². The van der Waals surface area contributed by atoms with Crippen molar-refractivity contribution in [3.05, 3.63) is 47.0 Å². The van der Waals surface area contributed by atoms with Crippen LogP contribution >= 0.6 is 0 Å². The second-order valence-corrected chi connectivity index (χ2v) is 4.88. The number of nitrogen functional groups attached to an aromatic ring is 1. The highest BCUT2D eigenvalue weighted by molar-refractivity contribution is 5.57. The van der Waals surface area contributed by atoms with Crippen LogP contribution in [-0.2, 0) is 6.42 Å². The van der Waals surface area contributed by atoms with Crippen molar-refractivity contribution in [1.82, 2.24) is 9.97 Å². The Labute approximate surface area is 123 Å². The molecule has 1 aromatic carbocycles. The molecular weight excluding hydrogens is 269 g/mol. The Morgan fingerprint density at radius 3 is 2.62 bits per heavy atom. The lowest BCUT2D eigenvalue weighted by Crippen LogP contribution is -2.16. The van der Waals surface area contributed by atoms with Crippen molar-refractivity contribution in [3.8, 4) is 0 Å². The normalized spacial score (nSPS) is 12.0. The fourth-order valence-electron chi connectivity index (χ4n) is 2.07. The topological polar surface area (TPSA) is 75.9 Å². The smallest absolute Gasteiger partial charge is 0.148 e. The number of aromatic nitrogens is 2. The van der Waals surface area contributed by atoms with E-state index in [1.807, 2.05) is 26.8 Å². The van der Waals surface area contributed by atoms with E-state index in [0.29, 0.717) is 23.9 Å². The van der Waals surface area contributed by atoms with Crippen molar-refractivity contribution in [1.29, 1.82) is 0 Å². The fourth-order valence-corrected chi connectivity index (χ4v) is 2.07. The lowest BCUT2D eigenvalue weighted by molar-refractivity contribution is 0.623. The number of benzene rings is 1. The largest absolute Gasteiger partial charge is 0.363 e. The molecule has 1 unspecified atom stereocenters. The van der Waals surface area contributed by atoms with Crippen LogP contribution in [0.4, 0.5) is 16.0 Å². The Kier molecular flexibility index (Phi) is 4.70. The molecule has 1 heterocycles. The average molecular weight is 289 g/mol. The first-order valence-electron chi connectivity index (χ1n) is 6.91. The first-order chi connectivity index (χ1) is 10.0. The second kappa shape index (κ2) is 6.49. The molecular formula is C15H20FN5. The summed E-state index contributed by atoms with van der Waals surface area (Å²) in [7, 11) is 0. The van der Waals surface area contributed by atoms with Crippen molar-refractivity contribution < 1.29 is 4.39 Å². The number of nitrogens with two attached hydrogens (primary N) is 1. The van der Waals surface area contributed by atoms with Crippen LogP contribution in [0.1, 0.15) is 36.8 Å². The van der Waals surface area contributed by atoms with Crippen molar-refractivity contribution in [3.63, 3.8) is 0 Å². The molecule has 6 heteroatoms. The minimum atomic E-state index is -0.251. The van der Waals surface area contributed by atoms with Gasteiger partial charge in [-0.25, -0.2) is 20.2 Å². The van der Waals surface area contributed by atoms with Gasteiger partial charge in [0.2, 0.25) is 0 Å². The van der Waals surface area contributed by atoms with E-state index in [9.17, 15) is 4.39 Å². The molecule has 0 aliphatic heterocycles. The summed E-state index contributed by atoms with van der Waals surface area (Å²) in [6.07, 6.45) is 0.706. The van der Waals surface area contributed by atoms with E-state index in [4.69, 9.17) is 5.84 Å². The van der Waals surface area contributed by atoms with Crippen molar-refractivity contribution >= 4 is 11.6 Å². The van der Waals surface area contributed by atoms with E-state index in [-0.39, 0.29) is 11.9 Å². The summed E-state index contributed by atoms with van der Waals surface area (Å²) in [6.45, 7) is 5.82. The summed E-state index contributed by atoms with van der Waals surface area (Å²) in [6, 6.07) is 6.43. The van der Waals surface area contributed by atoms with E-state index in [2.05, 4.69) is 20.7 Å². The average Bonchev–Trinajstić information content (AvgIpc) is 2.49. The minimum absolute atomic E-state index is 0.0790. The molecule has 0 bridgehead atoms. The summed E-state index contributed by atoms with van der Waals surface area (Å²) in [4.78, 5) is 8.79. The minimum Gasteiger partial charge on any atom is -0.363 e. The van der Waals surface area contributed by atoms with E-state index < -0.39 is 0 Å². The highest BCUT2D eigenvalue weighted by Gasteiger charge is 2.13. The Hall–Kier alpha value is -2.21. The number of halogens is 1. The van der Waals surface area contributed by atoms with Crippen LogP contribution < -0.4 is 16.6 Å². The molecule has 0 amide bonds. The molecule has 0 spiro atoms. The number of rotatable bonds is 5. The monoisotopic (exact) mass is 289 g/mol. The molecule has 4 N–H and O–H groups in total. The molecule has 112 valence electrons. The van der Waals surface area contributed by atoms with Crippen LogP contribution in [0.25, 0.3) is 0 Å². The third-order valence-electron chi connectivity index (χ3n) is 3.35. The molecule has 0 aliphatic carbocycles. The zero-order valence-electron chi connectivity index (χ0n) is 12.4. The van der Waals surface area contributed by atoms with Gasteiger partial charge in [0.1, 0.15) is 23.3 Å². The Morgan fingerprint density at radius 2 is 2.00 bits per heavy atom. The molecule has 1 atom stereocenters. The van der Waals surface area contributed by atoms with E-state index in [1.54, 1.807) is 6.07 Å². The van der Waals surface area contributed by atoms with Gasteiger partial charge in [-0.3, -0.25) is 0 Å². The number of hydrogen-bond acceptors (Lipinski definition) is 5. The molecule has 0 radical (unpaired) electrons. The fraction of sp³-hybridized carbons (Fsp3) is 0.333. The first kappa shape index (κ1) is 15.2. The molecule has 0 aliphatic rings. The zero-order valence-corrected chi connectivity index (χ0v) is 12.4. The molecule has 0 saturated heterocycles. The molecule has 21 heavy (non-hydrogen) atoms. The van der Waals surface area contributed by atoms with Gasteiger partial charge in [0.15, 0.2) is 0 Å². The van der Waals surface area contributed by atoms with Gasteiger partial charge in [-0.15, -0.1) is 0 Å². The highest BCUT2D eigenvalue weighted by Crippen LogP contribution is 2.24. The van der Waals surface area contributed by atoms with Gasteiger partial charge >= 0.3 is 0 Å². The predicted octanol–water partition coefficient (Wildman–Crippen LogP) is 2.95. The van der Waals surface area contributed by atoms with Crippen molar-refractivity contribution in [2.45, 2.75) is 33.2 Å². The highest BCUT2D eigenvalue weighted by atomic mass is 19.1. The van der Waals surface area contributed by atoms with Gasteiger partial charge in [-0.1, -0.05) is 19.1 Å². The van der Waals surface area contributed by atoms with Gasteiger partial charge in [-0.05, 0) is 31.5 Å². The molecule has 0 fully saturated rings. The maximum absolute atomic E-state index is 13.3. The van der Waals surface area contributed by atoms with E-state index in [1.165, 1.54) is 12.1 Å². The number of hydrazine groups is 1. The molecule has 1 aromatic heterocycles. The third kappa shape index (κ3) is 3.46. The van der Waals surface area contributed by atoms with Crippen LogP contribution in [0, 0.1) is 12.7 Å². The maximum atomic E-state index is 13.3. The van der Waals surface area contributed by atoms with Crippen molar-refractivity contribution in [2.75, 3.05) is 10.7 Å². The van der Waals surface area contributed by atoms with Crippen LogP contribution in [-0.4, -0.2) is 9.97 Å². The number of anilines is 2.